The topological polar surface area (TPSA) is 69.0 Å². The summed E-state index contributed by atoms with van der Waals surface area (Å²) in [6.45, 7) is 4.75. The number of carbonyl (C=O) groups is 1. The summed E-state index contributed by atoms with van der Waals surface area (Å²) in [5.41, 5.74) is 0.783. The van der Waals surface area contributed by atoms with E-state index < -0.39 is 0 Å². The standard InChI is InChI=1S/C16H19BrN4O2S/c1-3-9-21-14(11-23-2)19-20-16(21)24-10-8-15(22)18-13-6-4-12(17)5-7-13/h3-7H,1,8-11H2,2H3,(H,18,22). The number of nitrogens with one attached hydrogen (secondary N) is 1. The molecule has 1 aromatic carbocycles. The van der Waals surface area contributed by atoms with Gasteiger partial charge < -0.3 is 14.6 Å². The lowest BCUT2D eigenvalue weighted by Crippen LogP contribution is -2.12. The maximum atomic E-state index is 12.0. The molecule has 0 radical (unpaired) electrons. The Labute approximate surface area is 153 Å². The van der Waals surface area contributed by atoms with Crippen LogP contribution >= 0.6 is 27.7 Å². The Morgan fingerprint density at radius 3 is 2.83 bits per heavy atom. The van der Waals surface area contributed by atoms with Gasteiger partial charge in [0.05, 0.1) is 0 Å². The van der Waals surface area contributed by atoms with Gasteiger partial charge in [0.1, 0.15) is 6.61 Å². The van der Waals surface area contributed by atoms with Crippen LogP contribution in [-0.4, -0.2) is 33.5 Å². The van der Waals surface area contributed by atoms with Gasteiger partial charge in [0.15, 0.2) is 11.0 Å². The number of rotatable bonds is 9. The van der Waals surface area contributed by atoms with E-state index in [0.717, 1.165) is 21.1 Å². The molecule has 0 fully saturated rings. The van der Waals surface area contributed by atoms with Gasteiger partial charge in [-0.25, -0.2) is 0 Å². The van der Waals surface area contributed by atoms with E-state index in [0.29, 0.717) is 25.3 Å². The SMILES string of the molecule is C=CCn1c(COC)nnc1SCCC(=O)Nc1ccc(Br)cc1. The first-order chi connectivity index (χ1) is 11.6. The van der Waals surface area contributed by atoms with Crippen LogP contribution in [0.3, 0.4) is 0 Å². The molecular formula is C16H19BrN4O2S. The second kappa shape index (κ2) is 9.61. The molecule has 1 heterocycles. The summed E-state index contributed by atoms with van der Waals surface area (Å²) in [6.07, 6.45) is 2.17. The Morgan fingerprint density at radius 2 is 2.17 bits per heavy atom. The number of nitrogens with zero attached hydrogens (tertiary/aromatic N) is 3. The summed E-state index contributed by atoms with van der Waals surface area (Å²) in [4.78, 5) is 12.0. The number of methoxy groups -OCH3 is 1. The van der Waals surface area contributed by atoms with Crippen molar-refractivity contribution in [1.82, 2.24) is 14.8 Å². The molecule has 0 saturated heterocycles. The predicted molar refractivity (Wildman–Crippen MR) is 99.0 cm³/mol. The van der Waals surface area contributed by atoms with E-state index in [2.05, 4.69) is 38.0 Å². The van der Waals surface area contributed by atoms with Crippen molar-refractivity contribution >= 4 is 39.3 Å². The monoisotopic (exact) mass is 410 g/mol. The van der Waals surface area contributed by atoms with Crippen molar-refractivity contribution in [1.29, 1.82) is 0 Å². The van der Waals surface area contributed by atoms with Crippen molar-refractivity contribution in [3.05, 3.63) is 47.2 Å². The lowest BCUT2D eigenvalue weighted by molar-refractivity contribution is -0.115. The normalized spacial score (nSPS) is 10.6. The van der Waals surface area contributed by atoms with Crippen molar-refractivity contribution in [3.63, 3.8) is 0 Å². The average molecular weight is 411 g/mol. The van der Waals surface area contributed by atoms with E-state index in [4.69, 9.17) is 4.74 Å². The average Bonchev–Trinajstić information content (AvgIpc) is 2.93. The second-order valence-electron chi connectivity index (χ2n) is 4.88. The summed E-state index contributed by atoms with van der Waals surface area (Å²) in [5.74, 6) is 1.33. The molecule has 2 aromatic rings. The van der Waals surface area contributed by atoms with Crippen LogP contribution in [0, 0.1) is 0 Å². The van der Waals surface area contributed by atoms with Crippen LogP contribution in [-0.2, 0) is 22.7 Å². The number of thioether (sulfide) groups is 1. The van der Waals surface area contributed by atoms with Crippen LogP contribution in [0.2, 0.25) is 0 Å². The van der Waals surface area contributed by atoms with Gasteiger partial charge in [-0.05, 0) is 24.3 Å². The third-order valence-corrected chi connectivity index (χ3v) is 4.56. The fraction of sp³-hybridized carbons (Fsp3) is 0.312. The van der Waals surface area contributed by atoms with E-state index in [9.17, 15) is 4.79 Å². The molecule has 0 bridgehead atoms. The van der Waals surface area contributed by atoms with Gasteiger partial charge in [0.25, 0.3) is 0 Å². The lowest BCUT2D eigenvalue weighted by atomic mass is 10.3. The van der Waals surface area contributed by atoms with Crippen LogP contribution in [0.15, 0.2) is 46.5 Å². The summed E-state index contributed by atoms with van der Waals surface area (Å²) in [7, 11) is 1.62. The maximum Gasteiger partial charge on any atom is 0.225 e. The minimum Gasteiger partial charge on any atom is -0.377 e. The van der Waals surface area contributed by atoms with Crippen LogP contribution < -0.4 is 5.32 Å². The molecule has 1 N–H and O–H groups in total. The number of anilines is 1. The Morgan fingerprint density at radius 1 is 1.42 bits per heavy atom. The van der Waals surface area contributed by atoms with E-state index in [1.807, 2.05) is 28.8 Å². The van der Waals surface area contributed by atoms with E-state index in [-0.39, 0.29) is 5.91 Å². The summed E-state index contributed by atoms with van der Waals surface area (Å²) >= 11 is 4.86. The molecule has 0 aliphatic carbocycles. The molecule has 24 heavy (non-hydrogen) atoms. The number of halogens is 1. The Balaban J connectivity index is 1.86. The van der Waals surface area contributed by atoms with Gasteiger partial charge >= 0.3 is 0 Å². The van der Waals surface area contributed by atoms with Crippen LogP contribution in [0.1, 0.15) is 12.2 Å². The van der Waals surface area contributed by atoms with Gasteiger partial charge in [-0.1, -0.05) is 33.8 Å². The number of allylic oxidation sites excluding steroid dienone is 1. The minimum absolute atomic E-state index is 0.0308. The zero-order chi connectivity index (χ0) is 17.4. The number of hydrogen-bond donors (Lipinski definition) is 1. The third-order valence-electron chi connectivity index (χ3n) is 3.07. The Kier molecular flexibility index (Phi) is 7.48. The molecule has 0 spiro atoms. The smallest absolute Gasteiger partial charge is 0.225 e. The first-order valence-corrected chi connectivity index (χ1v) is 9.12. The molecule has 1 aromatic heterocycles. The first kappa shape index (κ1) is 18.7. The third kappa shape index (κ3) is 5.47. The fourth-order valence-corrected chi connectivity index (χ4v) is 3.13. The number of aromatic nitrogens is 3. The van der Waals surface area contributed by atoms with Crippen molar-refractivity contribution in [2.75, 3.05) is 18.2 Å². The largest absolute Gasteiger partial charge is 0.377 e. The number of benzene rings is 1. The molecule has 0 aliphatic rings. The zero-order valence-corrected chi connectivity index (χ0v) is 15.8. The Hall–Kier alpha value is -1.64. The summed E-state index contributed by atoms with van der Waals surface area (Å²) in [6, 6.07) is 7.48. The van der Waals surface area contributed by atoms with Gasteiger partial charge in [-0.3, -0.25) is 4.79 Å². The van der Waals surface area contributed by atoms with Crippen LogP contribution in [0.25, 0.3) is 0 Å². The van der Waals surface area contributed by atoms with Gasteiger partial charge in [0.2, 0.25) is 5.91 Å². The van der Waals surface area contributed by atoms with Gasteiger partial charge in [-0.2, -0.15) is 0 Å². The number of ether oxygens (including phenoxy) is 1. The van der Waals surface area contributed by atoms with E-state index in [1.165, 1.54) is 11.8 Å². The van der Waals surface area contributed by atoms with E-state index >= 15 is 0 Å². The molecule has 0 unspecified atom stereocenters. The van der Waals surface area contributed by atoms with Gasteiger partial charge in [0, 0.05) is 36.0 Å². The highest BCUT2D eigenvalue weighted by Gasteiger charge is 2.12. The van der Waals surface area contributed by atoms with Gasteiger partial charge in [-0.15, -0.1) is 16.8 Å². The highest BCUT2D eigenvalue weighted by atomic mass is 79.9. The second-order valence-corrected chi connectivity index (χ2v) is 6.86. The number of hydrogen-bond acceptors (Lipinski definition) is 5. The fourth-order valence-electron chi connectivity index (χ4n) is 1.97. The molecule has 1 amide bonds. The van der Waals surface area contributed by atoms with Crippen molar-refractivity contribution < 1.29 is 9.53 Å². The molecule has 0 atom stereocenters. The first-order valence-electron chi connectivity index (χ1n) is 7.34. The highest BCUT2D eigenvalue weighted by Crippen LogP contribution is 2.19. The van der Waals surface area contributed by atoms with Crippen LogP contribution in [0.4, 0.5) is 5.69 Å². The molecule has 0 aliphatic heterocycles. The molecule has 6 nitrogen and oxygen atoms in total. The van der Waals surface area contributed by atoms with Crippen LogP contribution in [0.5, 0.6) is 0 Å². The highest BCUT2D eigenvalue weighted by molar-refractivity contribution is 9.10. The number of carbonyl (C=O) groups excluding carboxylic acids is 1. The van der Waals surface area contributed by atoms with Crippen molar-refractivity contribution in [2.45, 2.75) is 24.7 Å². The molecule has 8 heteroatoms. The molecule has 0 saturated carbocycles. The quantitative estimate of drug-likeness (QED) is 0.505. The number of amides is 1. The summed E-state index contributed by atoms with van der Waals surface area (Å²) < 4.78 is 8.03. The zero-order valence-electron chi connectivity index (χ0n) is 13.4. The predicted octanol–water partition coefficient (Wildman–Crippen LogP) is 3.49. The lowest BCUT2D eigenvalue weighted by Gasteiger charge is -2.07. The van der Waals surface area contributed by atoms with Crippen molar-refractivity contribution in [3.8, 4) is 0 Å². The molecular weight excluding hydrogens is 392 g/mol. The van der Waals surface area contributed by atoms with Crippen molar-refractivity contribution in [2.24, 2.45) is 0 Å². The molecule has 128 valence electrons. The summed E-state index contributed by atoms with van der Waals surface area (Å²) in [5, 5.41) is 11.9. The minimum atomic E-state index is -0.0308. The Bertz CT molecular complexity index is 688. The maximum absolute atomic E-state index is 12.0. The molecule has 2 rings (SSSR count). The van der Waals surface area contributed by atoms with E-state index in [1.54, 1.807) is 13.2 Å².